The zero-order valence-electron chi connectivity index (χ0n) is 12.9. The summed E-state index contributed by atoms with van der Waals surface area (Å²) in [4.78, 5) is 18.4. The molecular formula is C16H18ClN3O2S. The molecule has 3 rings (SSSR count). The number of benzene rings is 1. The van der Waals surface area contributed by atoms with E-state index in [-0.39, 0.29) is 24.4 Å². The van der Waals surface area contributed by atoms with Crippen LogP contribution in [-0.4, -0.2) is 22.8 Å². The van der Waals surface area contributed by atoms with Crippen LogP contribution in [0.1, 0.15) is 34.2 Å². The van der Waals surface area contributed by atoms with Crippen molar-refractivity contribution in [3.05, 3.63) is 52.2 Å². The van der Waals surface area contributed by atoms with E-state index in [0.29, 0.717) is 12.2 Å². The fourth-order valence-corrected chi connectivity index (χ4v) is 2.91. The molecule has 0 radical (unpaired) electrons. The lowest BCUT2D eigenvalue weighted by Gasteiger charge is -2.22. The predicted molar refractivity (Wildman–Crippen MR) is 94.0 cm³/mol. The van der Waals surface area contributed by atoms with E-state index >= 15 is 0 Å². The smallest absolute Gasteiger partial charge is 0.273 e. The van der Waals surface area contributed by atoms with Gasteiger partial charge in [-0.15, -0.1) is 23.7 Å². The fourth-order valence-electron chi connectivity index (χ4n) is 2.26. The average molecular weight is 352 g/mol. The lowest BCUT2D eigenvalue weighted by molar-refractivity contribution is 0.0722. The summed E-state index contributed by atoms with van der Waals surface area (Å²) in [5.74, 6) is 0.621. The van der Waals surface area contributed by atoms with Gasteiger partial charge in [0.15, 0.2) is 0 Å². The highest BCUT2D eigenvalue weighted by atomic mass is 35.5. The van der Waals surface area contributed by atoms with Crippen molar-refractivity contribution in [1.29, 1.82) is 0 Å². The van der Waals surface area contributed by atoms with Gasteiger partial charge in [-0.1, -0.05) is 18.2 Å². The quantitative estimate of drug-likeness (QED) is 0.779. The van der Waals surface area contributed by atoms with Crippen molar-refractivity contribution in [1.82, 2.24) is 9.88 Å². The number of carbonyl (C=O) groups excluding carboxylic acids is 1. The Balaban J connectivity index is 0.00000192. The van der Waals surface area contributed by atoms with Gasteiger partial charge in [-0.25, -0.2) is 4.98 Å². The molecule has 1 aromatic carbocycles. The summed E-state index contributed by atoms with van der Waals surface area (Å²) in [7, 11) is 1.75. The van der Waals surface area contributed by atoms with E-state index in [1.165, 1.54) is 11.3 Å². The molecule has 0 aliphatic carbocycles. The predicted octanol–water partition coefficient (Wildman–Crippen LogP) is 3.60. The van der Waals surface area contributed by atoms with Gasteiger partial charge < -0.3 is 15.1 Å². The molecule has 5 nitrogen and oxygen atoms in total. The third-order valence-electron chi connectivity index (χ3n) is 3.70. The molecule has 2 heterocycles. The van der Waals surface area contributed by atoms with Crippen LogP contribution in [0.25, 0.3) is 11.0 Å². The molecule has 23 heavy (non-hydrogen) atoms. The summed E-state index contributed by atoms with van der Waals surface area (Å²) < 4.78 is 5.83. The number of rotatable bonds is 4. The standard InChI is InChI=1S/C16H17N3O2S.ClH/c1-10(14-7-11-5-3-4-6-13(11)21-14)19(2)16(20)12-9-22-15(8-17)18-12;/h3-7,9-10H,8,17H2,1-2H3;1H. The first-order valence-electron chi connectivity index (χ1n) is 7.00. The summed E-state index contributed by atoms with van der Waals surface area (Å²) in [6.45, 7) is 2.28. The van der Waals surface area contributed by atoms with Gasteiger partial charge in [0.05, 0.1) is 6.04 Å². The molecule has 0 saturated heterocycles. The van der Waals surface area contributed by atoms with Gasteiger partial charge in [0.2, 0.25) is 0 Å². The molecule has 0 bridgehead atoms. The molecule has 1 atom stereocenters. The minimum absolute atomic E-state index is 0. The molecule has 0 aliphatic heterocycles. The molecule has 2 aromatic heterocycles. The molecule has 0 fully saturated rings. The number of aromatic nitrogens is 1. The van der Waals surface area contributed by atoms with E-state index in [4.69, 9.17) is 10.2 Å². The highest BCUT2D eigenvalue weighted by Crippen LogP contribution is 2.27. The largest absolute Gasteiger partial charge is 0.459 e. The fraction of sp³-hybridized carbons (Fsp3) is 0.250. The first-order valence-corrected chi connectivity index (χ1v) is 7.88. The molecule has 0 aliphatic rings. The van der Waals surface area contributed by atoms with Crippen molar-refractivity contribution in [3.63, 3.8) is 0 Å². The highest BCUT2D eigenvalue weighted by Gasteiger charge is 2.23. The van der Waals surface area contributed by atoms with Crippen LogP contribution in [0.15, 0.2) is 40.1 Å². The lowest BCUT2D eigenvalue weighted by Crippen LogP contribution is -2.29. The number of nitrogens with two attached hydrogens (primary N) is 1. The average Bonchev–Trinajstić information content (AvgIpc) is 3.18. The maximum absolute atomic E-state index is 12.5. The number of hydrogen-bond donors (Lipinski definition) is 1. The second-order valence-corrected chi connectivity index (χ2v) is 6.05. The molecule has 122 valence electrons. The monoisotopic (exact) mass is 351 g/mol. The zero-order chi connectivity index (χ0) is 15.7. The first-order chi connectivity index (χ1) is 10.6. The van der Waals surface area contributed by atoms with Gasteiger partial charge in [0.25, 0.3) is 5.91 Å². The highest BCUT2D eigenvalue weighted by molar-refractivity contribution is 7.09. The Hall–Kier alpha value is -1.89. The topological polar surface area (TPSA) is 72.4 Å². The van der Waals surface area contributed by atoms with E-state index in [9.17, 15) is 4.79 Å². The van der Waals surface area contributed by atoms with Gasteiger partial charge in [0.1, 0.15) is 22.0 Å². The minimum Gasteiger partial charge on any atom is -0.459 e. The molecule has 2 N–H and O–H groups in total. The van der Waals surface area contributed by atoms with Crippen LogP contribution in [0.3, 0.4) is 0 Å². The molecular weight excluding hydrogens is 334 g/mol. The van der Waals surface area contributed by atoms with E-state index in [1.54, 1.807) is 17.3 Å². The molecule has 7 heteroatoms. The summed E-state index contributed by atoms with van der Waals surface area (Å²) in [5.41, 5.74) is 6.79. The number of amides is 1. The number of carbonyl (C=O) groups is 1. The Morgan fingerprint density at radius 3 is 2.83 bits per heavy atom. The third kappa shape index (κ3) is 3.39. The van der Waals surface area contributed by atoms with Crippen LogP contribution in [0, 0.1) is 0 Å². The first kappa shape index (κ1) is 17.5. The van der Waals surface area contributed by atoms with E-state index < -0.39 is 0 Å². The minimum atomic E-state index is -0.178. The maximum Gasteiger partial charge on any atom is 0.273 e. The van der Waals surface area contributed by atoms with Crippen molar-refractivity contribution < 1.29 is 9.21 Å². The van der Waals surface area contributed by atoms with Gasteiger partial charge in [-0.05, 0) is 19.1 Å². The number of hydrogen-bond acceptors (Lipinski definition) is 5. The van der Waals surface area contributed by atoms with Crippen molar-refractivity contribution in [2.75, 3.05) is 7.05 Å². The molecule has 0 spiro atoms. The van der Waals surface area contributed by atoms with E-state index in [2.05, 4.69) is 4.98 Å². The number of nitrogens with zero attached hydrogens (tertiary/aromatic N) is 2. The molecule has 1 amide bonds. The molecule has 0 saturated carbocycles. The Morgan fingerprint density at radius 1 is 1.43 bits per heavy atom. The normalized spacial score (nSPS) is 12.0. The Bertz CT molecular complexity index is 781. The second-order valence-electron chi connectivity index (χ2n) is 5.11. The van der Waals surface area contributed by atoms with Crippen LogP contribution >= 0.6 is 23.7 Å². The van der Waals surface area contributed by atoms with Crippen molar-refractivity contribution in [2.24, 2.45) is 5.73 Å². The Labute approximate surface area is 144 Å². The summed E-state index contributed by atoms with van der Waals surface area (Å²) in [6, 6.07) is 9.59. The van der Waals surface area contributed by atoms with Crippen LogP contribution < -0.4 is 5.73 Å². The second kappa shape index (κ2) is 7.12. The van der Waals surface area contributed by atoms with Gasteiger partial charge in [0, 0.05) is 24.4 Å². The molecule has 3 aromatic rings. The van der Waals surface area contributed by atoms with Crippen molar-refractivity contribution in [3.8, 4) is 0 Å². The van der Waals surface area contributed by atoms with Crippen molar-refractivity contribution in [2.45, 2.75) is 19.5 Å². The number of thiazole rings is 1. The number of para-hydroxylation sites is 1. The number of fused-ring (bicyclic) bond motifs is 1. The Morgan fingerprint density at radius 2 is 2.17 bits per heavy atom. The Kier molecular flexibility index (Phi) is 5.41. The maximum atomic E-state index is 12.5. The third-order valence-corrected chi connectivity index (χ3v) is 4.57. The molecule has 1 unspecified atom stereocenters. The van der Waals surface area contributed by atoms with E-state index in [0.717, 1.165) is 21.7 Å². The van der Waals surface area contributed by atoms with Gasteiger partial charge in [-0.2, -0.15) is 0 Å². The van der Waals surface area contributed by atoms with Crippen molar-refractivity contribution >= 4 is 40.6 Å². The summed E-state index contributed by atoms with van der Waals surface area (Å²) >= 11 is 1.40. The van der Waals surface area contributed by atoms with Gasteiger partial charge in [-0.3, -0.25) is 4.79 Å². The van der Waals surface area contributed by atoms with E-state index in [1.807, 2.05) is 37.3 Å². The summed E-state index contributed by atoms with van der Waals surface area (Å²) in [5, 5.41) is 3.53. The number of furan rings is 1. The number of halogens is 1. The zero-order valence-corrected chi connectivity index (χ0v) is 14.5. The van der Waals surface area contributed by atoms with Crippen LogP contribution in [0.4, 0.5) is 0 Å². The lowest BCUT2D eigenvalue weighted by atomic mass is 10.2. The SMILES string of the molecule is CC(c1cc2ccccc2o1)N(C)C(=O)c1csc(CN)n1.Cl. The van der Waals surface area contributed by atoms with Crippen LogP contribution in [0.2, 0.25) is 0 Å². The van der Waals surface area contributed by atoms with Crippen LogP contribution in [-0.2, 0) is 6.54 Å². The van der Waals surface area contributed by atoms with Crippen LogP contribution in [0.5, 0.6) is 0 Å². The van der Waals surface area contributed by atoms with Gasteiger partial charge >= 0.3 is 0 Å². The summed E-state index contributed by atoms with van der Waals surface area (Å²) in [6.07, 6.45) is 0.